The molecule has 0 aromatic heterocycles. The Morgan fingerprint density at radius 2 is 1.62 bits per heavy atom. The Hall–Kier alpha value is -1.51. The minimum atomic E-state index is 0.348. The van der Waals surface area contributed by atoms with Crippen LogP contribution in [0, 0.1) is 17.8 Å². The lowest BCUT2D eigenvalue weighted by Gasteiger charge is -2.36. The van der Waals surface area contributed by atoms with Crippen LogP contribution in [0.15, 0.2) is 30.3 Å². The molecule has 24 heavy (non-hydrogen) atoms. The monoisotopic (exact) mass is 328 g/mol. The summed E-state index contributed by atoms with van der Waals surface area (Å²) in [5, 5.41) is 0. The van der Waals surface area contributed by atoms with Crippen LogP contribution in [0.25, 0.3) is 0 Å². The molecular formula is C21H32N2O. The van der Waals surface area contributed by atoms with Gasteiger partial charge in [0.05, 0.1) is 0 Å². The largest absolute Gasteiger partial charge is 0.371 e. The zero-order chi connectivity index (χ0) is 16.9. The van der Waals surface area contributed by atoms with Crippen LogP contribution in [-0.2, 0) is 4.79 Å². The Morgan fingerprint density at radius 1 is 1.04 bits per heavy atom. The summed E-state index contributed by atoms with van der Waals surface area (Å²) in [6, 6.07) is 10.9. The van der Waals surface area contributed by atoms with Crippen molar-refractivity contribution >= 4 is 11.6 Å². The van der Waals surface area contributed by atoms with Gasteiger partial charge in [-0.05, 0) is 55.6 Å². The third-order valence-corrected chi connectivity index (χ3v) is 5.33. The van der Waals surface area contributed by atoms with Crippen molar-refractivity contribution in [3.63, 3.8) is 0 Å². The van der Waals surface area contributed by atoms with Crippen molar-refractivity contribution in [3.8, 4) is 0 Å². The van der Waals surface area contributed by atoms with Gasteiger partial charge in [-0.2, -0.15) is 0 Å². The molecule has 1 aliphatic heterocycles. The SMILES string of the molecule is CC(C)CC(=O)N1CCC(CN(CC2CC2)c2ccccc2)CC1. The molecule has 0 atom stereocenters. The number of hydrogen-bond acceptors (Lipinski definition) is 2. The van der Waals surface area contributed by atoms with E-state index >= 15 is 0 Å². The van der Waals surface area contributed by atoms with Gasteiger partial charge in [0.15, 0.2) is 0 Å². The maximum Gasteiger partial charge on any atom is 0.222 e. The Morgan fingerprint density at radius 3 is 2.17 bits per heavy atom. The standard InChI is InChI=1S/C21H32N2O/c1-17(2)14-21(24)22-12-10-19(11-13-22)16-23(15-18-8-9-18)20-6-4-3-5-7-20/h3-7,17-19H,8-16H2,1-2H3. The maximum absolute atomic E-state index is 12.2. The zero-order valence-electron chi connectivity index (χ0n) is 15.3. The average molecular weight is 329 g/mol. The van der Waals surface area contributed by atoms with Crippen LogP contribution in [0.2, 0.25) is 0 Å². The van der Waals surface area contributed by atoms with Crippen molar-refractivity contribution in [2.45, 2.75) is 46.0 Å². The predicted octanol–water partition coefficient (Wildman–Crippen LogP) is 4.19. The fraction of sp³-hybridized carbons (Fsp3) is 0.667. The highest BCUT2D eigenvalue weighted by Gasteiger charge is 2.28. The average Bonchev–Trinajstić information content (AvgIpc) is 3.39. The molecule has 0 N–H and O–H groups in total. The topological polar surface area (TPSA) is 23.6 Å². The van der Waals surface area contributed by atoms with E-state index in [1.807, 2.05) is 0 Å². The molecule has 1 saturated carbocycles. The first-order valence-electron chi connectivity index (χ1n) is 9.69. The number of carbonyl (C=O) groups is 1. The van der Waals surface area contributed by atoms with Gasteiger partial charge in [-0.25, -0.2) is 0 Å². The number of piperidine rings is 1. The fourth-order valence-corrected chi connectivity index (χ4v) is 3.69. The molecule has 1 amide bonds. The van der Waals surface area contributed by atoms with E-state index in [1.165, 1.54) is 25.1 Å². The lowest BCUT2D eigenvalue weighted by atomic mass is 9.95. The highest BCUT2D eigenvalue weighted by Crippen LogP contribution is 2.32. The molecular weight excluding hydrogens is 296 g/mol. The third-order valence-electron chi connectivity index (χ3n) is 5.33. The smallest absolute Gasteiger partial charge is 0.222 e. The first kappa shape index (κ1) is 17.3. The molecule has 1 heterocycles. The van der Waals surface area contributed by atoms with Crippen LogP contribution >= 0.6 is 0 Å². The normalized spacial score (nSPS) is 18.9. The van der Waals surface area contributed by atoms with Gasteiger partial charge in [0.1, 0.15) is 0 Å². The second-order valence-corrected chi connectivity index (χ2v) is 8.11. The number of amides is 1. The van der Waals surface area contributed by atoms with Crippen molar-refractivity contribution in [1.29, 1.82) is 0 Å². The highest BCUT2D eigenvalue weighted by molar-refractivity contribution is 5.76. The molecule has 2 aliphatic rings. The molecule has 3 rings (SSSR count). The van der Waals surface area contributed by atoms with Gasteiger partial charge in [-0.1, -0.05) is 32.0 Å². The van der Waals surface area contributed by atoms with Gasteiger partial charge in [-0.15, -0.1) is 0 Å². The molecule has 1 aliphatic carbocycles. The van der Waals surface area contributed by atoms with E-state index in [9.17, 15) is 4.79 Å². The molecule has 1 saturated heterocycles. The van der Waals surface area contributed by atoms with Crippen molar-refractivity contribution in [3.05, 3.63) is 30.3 Å². The Labute approximate surface area is 147 Å². The van der Waals surface area contributed by atoms with E-state index in [1.54, 1.807) is 0 Å². The van der Waals surface area contributed by atoms with Crippen LogP contribution in [0.3, 0.4) is 0 Å². The summed E-state index contributed by atoms with van der Waals surface area (Å²) in [6.07, 6.45) is 5.79. The number of anilines is 1. The molecule has 0 unspecified atom stereocenters. The first-order valence-corrected chi connectivity index (χ1v) is 9.69. The molecule has 1 aromatic rings. The van der Waals surface area contributed by atoms with Crippen LogP contribution < -0.4 is 4.90 Å². The molecule has 132 valence electrons. The third kappa shape index (κ3) is 4.99. The highest BCUT2D eigenvalue weighted by atomic mass is 16.2. The Balaban J connectivity index is 1.52. The van der Waals surface area contributed by atoms with Gasteiger partial charge in [0.25, 0.3) is 0 Å². The number of para-hydroxylation sites is 1. The van der Waals surface area contributed by atoms with Gasteiger partial charge >= 0.3 is 0 Å². The summed E-state index contributed by atoms with van der Waals surface area (Å²) in [5.74, 6) is 2.42. The molecule has 1 aromatic carbocycles. The summed E-state index contributed by atoms with van der Waals surface area (Å²) >= 11 is 0. The Kier molecular flexibility index (Phi) is 5.80. The van der Waals surface area contributed by atoms with Crippen LogP contribution in [0.4, 0.5) is 5.69 Å². The quantitative estimate of drug-likeness (QED) is 0.749. The number of benzene rings is 1. The van der Waals surface area contributed by atoms with Gasteiger partial charge in [0.2, 0.25) is 5.91 Å². The van der Waals surface area contributed by atoms with Crippen molar-refractivity contribution in [1.82, 2.24) is 4.90 Å². The van der Waals surface area contributed by atoms with Crippen LogP contribution in [0.5, 0.6) is 0 Å². The first-order chi connectivity index (χ1) is 11.6. The van der Waals surface area contributed by atoms with E-state index < -0.39 is 0 Å². The summed E-state index contributed by atoms with van der Waals surface area (Å²) in [6.45, 7) is 8.49. The second kappa shape index (κ2) is 8.04. The number of nitrogens with zero attached hydrogens (tertiary/aromatic N) is 2. The lowest BCUT2D eigenvalue weighted by molar-refractivity contribution is -0.133. The summed E-state index contributed by atoms with van der Waals surface area (Å²) in [5.41, 5.74) is 1.36. The van der Waals surface area contributed by atoms with Crippen LogP contribution in [-0.4, -0.2) is 37.0 Å². The number of carbonyl (C=O) groups excluding carboxylic acids is 1. The molecule has 0 bridgehead atoms. The molecule has 2 fully saturated rings. The van der Waals surface area contributed by atoms with E-state index in [0.29, 0.717) is 24.2 Å². The second-order valence-electron chi connectivity index (χ2n) is 8.11. The maximum atomic E-state index is 12.2. The molecule has 3 nitrogen and oxygen atoms in total. The molecule has 3 heteroatoms. The van der Waals surface area contributed by atoms with Crippen molar-refractivity contribution in [2.75, 3.05) is 31.1 Å². The predicted molar refractivity (Wildman–Crippen MR) is 100 cm³/mol. The van der Waals surface area contributed by atoms with Gasteiger partial charge in [-0.3, -0.25) is 4.79 Å². The van der Waals surface area contributed by atoms with Gasteiger partial charge < -0.3 is 9.80 Å². The summed E-state index contributed by atoms with van der Waals surface area (Å²) in [4.78, 5) is 16.9. The van der Waals surface area contributed by atoms with Crippen LogP contribution in [0.1, 0.15) is 46.0 Å². The van der Waals surface area contributed by atoms with Crippen molar-refractivity contribution < 1.29 is 4.79 Å². The van der Waals surface area contributed by atoms with E-state index in [4.69, 9.17) is 0 Å². The van der Waals surface area contributed by atoms with Crippen molar-refractivity contribution in [2.24, 2.45) is 17.8 Å². The summed E-state index contributed by atoms with van der Waals surface area (Å²) < 4.78 is 0. The minimum Gasteiger partial charge on any atom is -0.371 e. The van der Waals surface area contributed by atoms with E-state index in [2.05, 4.69) is 54.0 Å². The zero-order valence-corrected chi connectivity index (χ0v) is 15.3. The van der Waals surface area contributed by atoms with Gasteiger partial charge in [0, 0.05) is 38.3 Å². The fourth-order valence-electron chi connectivity index (χ4n) is 3.69. The van der Waals surface area contributed by atoms with E-state index in [-0.39, 0.29) is 0 Å². The minimum absolute atomic E-state index is 0.348. The summed E-state index contributed by atoms with van der Waals surface area (Å²) in [7, 11) is 0. The molecule has 0 radical (unpaired) electrons. The number of likely N-dealkylation sites (tertiary alicyclic amines) is 1. The Bertz CT molecular complexity index is 516. The van der Waals surface area contributed by atoms with E-state index in [0.717, 1.165) is 38.4 Å². The number of hydrogen-bond donors (Lipinski definition) is 0. The number of rotatable bonds is 7. The molecule has 0 spiro atoms. The lowest BCUT2D eigenvalue weighted by Crippen LogP contribution is -2.42.